The van der Waals surface area contributed by atoms with Gasteiger partial charge in [0, 0.05) is 15.7 Å². The van der Waals surface area contributed by atoms with Crippen LogP contribution >= 0.6 is 15.9 Å². The molecule has 3 amide bonds. The predicted molar refractivity (Wildman–Crippen MR) is 150 cm³/mol. The van der Waals surface area contributed by atoms with Gasteiger partial charge < -0.3 is 34.3 Å². The molecule has 1 heterocycles. The Kier molecular flexibility index (Phi) is 10.8. The van der Waals surface area contributed by atoms with Crippen molar-refractivity contribution in [3.05, 3.63) is 57.2 Å². The lowest BCUT2D eigenvalue weighted by Gasteiger charge is -2.28. The van der Waals surface area contributed by atoms with Gasteiger partial charge in [0.05, 0.1) is 45.3 Å². The van der Waals surface area contributed by atoms with Crippen LogP contribution in [0.3, 0.4) is 0 Å². The van der Waals surface area contributed by atoms with E-state index >= 15 is 0 Å². The second-order valence-corrected chi connectivity index (χ2v) is 9.09. The van der Waals surface area contributed by atoms with Crippen LogP contribution in [-0.4, -0.2) is 58.2 Å². The van der Waals surface area contributed by atoms with Crippen LogP contribution in [0.4, 0.5) is 4.79 Å². The number of esters is 1. The van der Waals surface area contributed by atoms with Crippen LogP contribution in [0, 0.1) is 0 Å². The number of methoxy groups -OCH3 is 2. The first-order valence-corrected chi connectivity index (χ1v) is 13.1. The predicted octanol–water partition coefficient (Wildman–Crippen LogP) is 3.59. The highest BCUT2D eigenvalue weighted by atomic mass is 79.9. The normalized spacial score (nSPS) is 14.8. The van der Waals surface area contributed by atoms with E-state index in [9.17, 15) is 14.4 Å². The molecule has 1 aliphatic heterocycles. The molecular weight excluding hydrogens is 588 g/mol. The largest absolute Gasteiger partial charge is 0.493 e. The minimum atomic E-state index is -0.770. The number of amides is 3. The number of carbonyl (C=O) groups excluding carboxylic acids is 3. The molecule has 0 spiro atoms. The van der Waals surface area contributed by atoms with Gasteiger partial charge in [0.25, 0.3) is 5.91 Å². The fourth-order valence-corrected chi connectivity index (χ4v) is 4.26. The molecule has 3 rings (SSSR count). The average Bonchev–Trinajstić information content (AvgIpc) is 2.92. The molecule has 3 N–H and O–H groups in total. The number of hydrazone groups is 1. The maximum absolute atomic E-state index is 12.6. The molecule has 0 aliphatic carbocycles. The molecule has 0 saturated heterocycles. The Morgan fingerprint density at radius 3 is 2.42 bits per heavy atom. The second kappa shape index (κ2) is 14.2. The highest BCUT2D eigenvalue weighted by Gasteiger charge is 2.32. The fraction of sp³-hybridized carbons (Fsp3) is 0.333. The lowest BCUT2D eigenvalue weighted by Crippen LogP contribution is -2.45. The monoisotopic (exact) mass is 618 g/mol. The molecule has 0 radical (unpaired) electrons. The topological polar surface area (TPSA) is 146 Å². The van der Waals surface area contributed by atoms with Gasteiger partial charge in [-0.2, -0.15) is 5.10 Å². The van der Waals surface area contributed by atoms with E-state index in [-0.39, 0.29) is 24.5 Å². The van der Waals surface area contributed by atoms with Gasteiger partial charge in [0.2, 0.25) is 0 Å². The zero-order chi connectivity index (χ0) is 29.2. The van der Waals surface area contributed by atoms with Crippen molar-refractivity contribution in [2.75, 3.05) is 34.0 Å². The van der Waals surface area contributed by atoms with Crippen molar-refractivity contribution in [3.63, 3.8) is 0 Å². The van der Waals surface area contributed by atoms with E-state index in [1.807, 2.05) is 6.92 Å². The number of nitrogens with zero attached hydrogens (tertiary/aromatic N) is 1. The molecule has 1 atom stereocenters. The molecule has 0 aromatic heterocycles. The number of halogens is 1. The molecule has 2 aromatic rings. The summed E-state index contributed by atoms with van der Waals surface area (Å²) >= 11 is 3.45. The van der Waals surface area contributed by atoms with E-state index in [0.717, 1.165) is 0 Å². The van der Waals surface area contributed by atoms with Crippen LogP contribution in [0.2, 0.25) is 0 Å². The van der Waals surface area contributed by atoms with E-state index in [1.54, 1.807) is 44.2 Å². The van der Waals surface area contributed by atoms with E-state index < -0.39 is 23.9 Å². The number of rotatable bonds is 12. The summed E-state index contributed by atoms with van der Waals surface area (Å²) in [7, 11) is 2.97. The summed E-state index contributed by atoms with van der Waals surface area (Å²) in [5, 5.41) is 9.29. The van der Waals surface area contributed by atoms with Gasteiger partial charge in [-0.3, -0.25) is 4.79 Å². The van der Waals surface area contributed by atoms with Crippen LogP contribution in [0.1, 0.15) is 37.9 Å². The summed E-state index contributed by atoms with van der Waals surface area (Å²) < 4.78 is 27.8. The molecule has 12 nitrogen and oxygen atoms in total. The fourth-order valence-electron chi connectivity index (χ4n) is 3.83. The summed E-state index contributed by atoms with van der Waals surface area (Å²) in [6, 6.07) is 7.12. The maximum Gasteiger partial charge on any atom is 0.338 e. The van der Waals surface area contributed by atoms with Crippen LogP contribution in [-0.2, 0) is 14.3 Å². The van der Waals surface area contributed by atoms with Crippen molar-refractivity contribution < 1.29 is 38.1 Å². The first-order chi connectivity index (χ1) is 19.2. The van der Waals surface area contributed by atoms with Gasteiger partial charge in [-0.15, -0.1) is 0 Å². The number of carbonyl (C=O) groups is 3. The molecule has 0 unspecified atom stereocenters. The third kappa shape index (κ3) is 7.44. The van der Waals surface area contributed by atoms with Gasteiger partial charge in [0.15, 0.2) is 29.6 Å². The molecule has 2 aromatic carbocycles. The van der Waals surface area contributed by atoms with Gasteiger partial charge in [0.1, 0.15) is 0 Å². The Labute approximate surface area is 240 Å². The van der Waals surface area contributed by atoms with Crippen LogP contribution < -0.4 is 35.0 Å². The van der Waals surface area contributed by atoms with E-state index in [0.29, 0.717) is 45.2 Å². The Morgan fingerprint density at radius 1 is 1.02 bits per heavy atom. The minimum Gasteiger partial charge on any atom is -0.493 e. The Hall–Kier alpha value is -4.26. The summed E-state index contributed by atoms with van der Waals surface area (Å²) in [5.41, 5.74) is 4.29. The molecule has 40 heavy (non-hydrogen) atoms. The summed E-state index contributed by atoms with van der Waals surface area (Å²) in [5.74, 6) is 0.629. The summed E-state index contributed by atoms with van der Waals surface area (Å²) in [6.07, 6.45) is 1.46. The third-order valence-electron chi connectivity index (χ3n) is 5.62. The van der Waals surface area contributed by atoms with E-state index in [1.165, 1.54) is 20.4 Å². The van der Waals surface area contributed by atoms with Crippen molar-refractivity contribution in [3.8, 4) is 23.0 Å². The average molecular weight is 619 g/mol. The summed E-state index contributed by atoms with van der Waals surface area (Å²) in [4.78, 5) is 37.0. The number of hydrogen-bond donors (Lipinski definition) is 3. The molecule has 214 valence electrons. The summed E-state index contributed by atoms with van der Waals surface area (Å²) in [6.45, 7) is 5.52. The first kappa shape index (κ1) is 30.3. The molecular formula is C27H31BrN4O8. The van der Waals surface area contributed by atoms with E-state index in [4.69, 9.17) is 23.7 Å². The van der Waals surface area contributed by atoms with Crippen LogP contribution in [0.25, 0.3) is 0 Å². The number of urea groups is 1. The Balaban J connectivity index is 1.68. The zero-order valence-electron chi connectivity index (χ0n) is 22.8. The van der Waals surface area contributed by atoms with Crippen molar-refractivity contribution in [1.82, 2.24) is 16.1 Å². The smallest absolute Gasteiger partial charge is 0.338 e. The van der Waals surface area contributed by atoms with Crippen molar-refractivity contribution in [1.29, 1.82) is 0 Å². The SMILES string of the molecule is CCOC(=O)C1=C(C)NC(=O)N[C@H]1c1ccc(OCC(=O)N/N=C\c2cc(OC)c(OCC)cc2Br)c(OC)c1. The van der Waals surface area contributed by atoms with Crippen molar-refractivity contribution in [2.24, 2.45) is 5.10 Å². The maximum atomic E-state index is 12.6. The molecule has 0 bridgehead atoms. The molecule has 1 aliphatic rings. The number of allylic oxidation sites excluding steroid dienone is 1. The first-order valence-electron chi connectivity index (χ1n) is 12.3. The number of nitrogens with one attached hydrogen (secondary N) is 3. The standard InChI is InChI=1S/C27H31BrN4O8/c1-6-38-22-12-18(28)17(11-21(22)37-5)13-29-32-23(33)14-40-19-9-8-16(10-20(19)36-4)25-24(26(34)39-7-2)15(3)30-27(35)31-25/h8-13,25H,6-7,14H2,1-5H3,(H,32,33)(H2,30,31,35)/b29-13-/t25-/m0/s1. The van der Waals surface area contributed by atoms with Gasteiger partial charge in [-0.05, 0) is 66.5 Å². The third-order valence-corrected chi connectivity index (χ3v) is 6.31. The number of hydrogen-bond acceptors (Lipinski definition) is 9. The van der Waals surface area contributed by atoms with Crippen molar-refractivity contribution >= 4 is 40.1 Å². The Morgan fingerprint density at radius 2 is 1.75 bits per heavy atom. The molecule has 13 heteroatoms. The lowest BCUT2D eigenvalue weighted by atomic mass is 9.95. The number of ether oxygens (including phenoxy) is 5. The minimum absolute atomic E-state index is 0.185. The quantitative estimate of drug-likeness (QED) is 0.186. The van der Waals surface area contributed by atoms with E-state index in [2.05, 4.69) is 37.1 Å². The van der Waals surface area contributed by atoms with Crippen LogP contribution in [0.5, 0.6) is 23.0 Å². The van der Waals surface area contributed by atoms with Crippen molar-refractivity contribution in [2.45, 2.75) is 26.8 Å². The molecule has 0 saturated carbocycles. The second-order valence-electron chi connectivity index (χ2n) is 8.24. The highest BCUT2D eigenvalue weighted by Crippen LogP contribution is 2.35. The lowest BCUT2D eigenvalue weighted by molar-refractivity contribution is -0.139. The molecule has 0 fully saturated rings. The zero-order valence-corrected chi connectivity index (χ0v) is 24.3. The van der Waals surface area contributed by atoms with Gasteiger partial charge in [-0.25, -0.2) is 15.0 Å². The number of benzene rings is 2. The Bertz CT molecular complexity index is 1330. The van der Waals surface area contributed by atoms with Crippen LogP contribution in [0.15, 0.2) is 51.2 Å². The van der Waals surface area contributed by atoms with Gasteiger partial charge in [-0.1, -0.05) is 6.07 Å². The highest BCUT2D eigenvalue weighted by molar-refractivity contribution is 9.10. The van der Waals surface area contributed by atoms with Gasteiger partial charge >= 0.3 is 12.0 Å².